The Balaban J connectivity index is 1.43. The number of nitrogens with one attached hydrogen (secondary N) is 1. The maximum Gasteiger partial charge on any atom is 0.254 e. The topological polar surface area (TPSA) is 71.0 Å². The lowest BCUT2D eigenvalue weighted by Gasteiger charge is -2.35. The Morgan fingerprint density at radius 1 is 1.20 bits per heavy atom. The molecular formula is C19H26N2O4. The predicted molar refractivity (Wildman–Crippen MR) is 92.7 cm³/mol. The molecule has 1 amide bonds. The van der Waals surface area contributed by atoms with E-state index in [0.29, 0.717) is 49.5 Å². The first kappa shape index (κ1) is 16.8. The van der Waals surface area contributed by atoms with E-state index in [2.05, 4.69) is 5.32 Å². The molecule has 0 spiro atoms. The van der Waals surface area contributed by atoms with E-state index in [4.69, 9.17) is 9.47 Å². The number of hydrogen-bond donors (Lipinski definition) is 2. The number of carbonyl (C=O) groups is 1. The Morgan fingerprint density at radius 2 is 1.96 bits per heavy atom. The van der Waals surface area contributed by atoms with Gasteiger partial charge in [0, 0.05) is 18.7 Å². The van der Waals surface area contributed by atoms with Crippen LogP contribution in [-0.4, -0.2) is 67.5 Å². The van der Waals surface area contributed by atoms with Crippen LogP contribution in [0.4, 0.5) is 0 Å². The molecule has 6 nitrogen and oxygen atoms in total. The minimum atomic E-state index is -0.445. The molecule has 2 saturated heterocycles. The minimum Gasteiger partial charge on any atom is -0.488 e. The molecule has 4 atom stereocenters. The van der Waals surface area contributed by atoms with Gasteiger partial charge in [-0.1, -0.05) is 6.07 Å². The molecule has 2 aliphatic heterocycles. The summed E-state index contributed by atoms with van der Waals surface area (Å²) in [5.74, 6) is 1.81. The van der Waals surface area contributed by atoms with Crippen LogP contribution in [0, 0.1) is 11.8 Å². The summed E-state index contributed by atoms with van der Waals surface area (Å²) in [7, 11) is 0. The maximum absolute atomic E-state index is 12.6. The zero-order valence-corrected chi connectivity index (χ0v) is 14.4. The summed E-state index contributed by atoms with van der Waals surface area (Å²) in [6, 6.07) is 7.32. The number of nitrogens with zero attached hydrogens (tertiary/aromatic N) is 1. The Bertz CT molecular complexity index is 617. The van der Waals surface area contributed by atoms with Gasteiger partial charge in [0.1, 0.15) is 11.9 Å². The molecule has 6 heteroatoms. The van der Waals surface area contributed by atoms with Gasteiger partial charge in [-0.2, -0.15) is 0 Å². The number of morpholine rings is 1. The van der Waals surface area contributed by atoms with E-state index in [1.54, 1.807) is 6.07 Å². The number of aliphatic hydroxyl groups is 1. The Labute approximate surface area is 148 Å². The molecule has 2 N–H and O–H groups in total. The molecule has 0 radical (unpaired) electrons. The number of amides is 1. The first-order chi connectivity index (χ1) is 12.2. The third-order valence-electron chi connectivity index (χ3n) is 5.65. The minimum absolute atomic E-state index is 0.0120. The molecule has 2 heterocycles. The van der Waals surface area contributed by atoms with Gasteiger partial charge in [0.25, 0.3) is 5.91 Å². The molecule has 0 bridgehead atoms. The molecule has 4 rings (SSSR count). The number of aliphatic hydroxyl groups excluding tert-OH is 1. The number of benzene rings is 1. The highest BCUT2D eigenvalue weighted by Crippen LogP contribution is 2.35. The summed E-state index contributed by atoms with van der Waals surface area (Å²) >= 11 is 0. The van der Waals surface area contributed by atoms with Gasteiger partial charge in [0.2, 0.25) is 0 Å². The molecule has 1 aromatic rings. The Morgan fingerprint density at radius 3 is 2.76 bits per heavy atom. The summed E-state index contributed by atoms with van der Waals surface area (Å²) in [6.45, 7) is 4.44. The molecule has 136 valence electrons. The molecule has 3 fully saturated rings. The van der Waals surface area contributed by atoms with Crippen molar-refractivity contribution in [3.8, 4) is 5.75 Å². The highest BCUT2D eigenvalue weighted by Gasteiger charge is 2.39. The summed E-state index contributed by atoms with van der Waals surface area (Å²) in [4.78, 5) is 14.4. The summed E-state index contributed by atoms with van der Waals surface area (Å²) in [6.07, 6.45) is 1.00. The molecule has 3 aliphatic rings. The molecule has 0 aromatic heterocycles. The number of carbonyl (C=O) groups excluding carboxylic acids is 1. The van der Waals surface area contributed by atoms with Crippen LogP contribution < -0.4 is 10.1 Å². The van der Waals surface area contributed by atoms with E-state index in [1.807, 2.05) is 23.1 Å². The smallest absolute Gasteiger partial charge is 0.254 e. The van der Waals surface area contributed by atoms with Crippen LogP contribution in [0.25, 0.3) is 0 Å². The number of ether oxygens (including phenoxy) is 2. The molecule has 25 heavy (non-hydrogen) atoms. The van der Waals surface area contributed by atoms with Crippen LogP contribution in [0.1, 0.15) is 23.2 Å². The lowest BCUT2D eigenvalue weighted by atomic mass is 9.78. The van der Waals surface area contributed by atoms with Crippen LogP contribution >= 0.6 is 0 Å². The van der Waals surface area contributed by atoms with Crippen LogP contribution in [0.3, 0.4) is 0 Å². The SMILES string of the molecule is O=C(c1cccc(O[C@@H]2C[C@@H]3CNC[C@@H]3C[C@H]2O)c1)N1CCOCC1. The molecule has 0 unspecified atom stereocenters. The average Bonchev–Trinajstić information content (AvgIpc) is 3.09. The fraction of sp³-hybridized carbons (Fsp3) is 0.632. The van der Waals surface area contributed by atoms with Crippen LogP contribution in [-0.2, 0) is 4.74 Å². The van der Waals surface area contributed by atoms with Gasteiger partial charge >= 0.3 is 0 Å². The normalized spacial score (nSPS) is 32.3. The van der Waals surface area contributed by atoms with Crippen molar-refractivity contribution in [2.75, 3.05) is 39.4 Å². The fourth-order valence-electron chi connectivity index (χ4n) is 4.21. The summed E-state index contributed by atoms with van der Waals surface area (Å²) in [5, 5.41) is 13.8. The fourth-order valence-corrected chi connectivity index (χ4v) is 4.21. The molecular weight excluding hydrogens is 320 g/mol. The van der Waals surface area contributed by atoms with Crippen molar-refractivity contribution in [1.29, 1.82) is 0 Å². The number of hydrogen-bond acceptors (Lipinski definition) is 5. The van der Waals surface area contributed by atoms with Crippen LogP contribution in [0.15, 0.2) is 24.3 Å². The van der Waals surface area contributed by atoms with Crippen molar-refractivity contribution in [2.45, 2.75) is 25.0 Å². The van der Waals surface area contributed by atoms with Crippen molar-refractivity contribution >= 4 is 5.91 Å². The third-order valence-corrected chi connectivity index (χ3v) is 5.65. The Hall–Kier alpha value is -1.63. The van der Waals surface area contributed by atoms with Crippen molar-refractivity contribution in [1.82, 2.24) is 10.2 Å². The van der Waals surface area contributed by atoms with Gasteiger partial charge < -0.3 is 24.8 Å². The lowest BCUT2D eigenvalue weighted by Crippen LogP contribution is -2.42. The average molecular weight is 346 g/mol. The first-order valence-corrected chi connectivity index (χ1v) is 9.23. The van der Waals surface area contributed by atoms with E-state index in [0.717, 1.165) is 25.9 Å². The molecule has 1 aliphatic carbocycles. The second kappa shape index (κ2) is 7.32. The second-order valence-corrected chi connectivity index (χ2v) is 7.31. The van der Waals surface area contributed by atoms with Gasteiger partial charge in [0.05, 0.1) is 19.3 Å². The van der Waals surface area contributed by atoms with Gasteiger partial charge in [-0.15, -0.1) is 0 Å². The number of rotatable bonds is 3. The van der Waals surface area contributed by atoms with E-state index < -0.39 is 6.10 Å². The Kier molecular flexibility index (Phi) is 4.92. The summed E-state index contributed by atoms with van der Waals surface area (Å²) < 4.78 is 11.4. The van der Waals surface area contributed by atoms with Gasteiger partial charge in [-0.05, 0) is 56.0 Å². The zero-order chi connectivity index (χ0) is 17.2. The second-order valence-electron chi connectivity index (χ2n) is 7.31. The van der Waals surface area contributed by atoms with E-state index in [-0.39, 0.29) is 12.0 Å². The molecule has 1 saturated carbocycles. The van der Waals surface area contributed by atoms with E-state index in [9.17, 15) is 9.90 Å². The van der Waals surface area contributed by atoms with Crippen molar-refractivity contribution in [3.05, 3.63) is 29.8 Å². The van der Waals surface area contributed by atoms with Crippen LogP contribution in [0.5, 0.6) is 5.75 Å². The third kappa shape index (κ3) is 3.66. The van der Waals surface area contributed by atoms with Gasteiger partial charge in [-0.3, -0.25) is 4.79 Å². The van der Waals surface area contributed by atoms with Crippen molar-refractivity contribution < 1.29 is 19.4 Å². The monoisotopic (exact) mass is 346 g/mol. The van der Waals surface area contributed by atoms with Crippen molar-refractivity contribution in [2.24, 2.45) is 11.8 Å². The highest BCUT2D eigenvalue weighted by atomic mass is 16.5. The quantitative estimate of drug-likeness (QED) is 0.851. The van der Waals surface area contributed by atoms with E-state index in [1.165, 1.54) is 0 Å². The summed E-state index contributed by atoms with van der Waals surface area (Å²) in [5.41, 5.74) is 0.630. The van der Waals surface area contributed by atoms with Crippen molar-refractivity contribution in [3.63, 3.8) is 0 Å². The van der Waals surface area contributed by atoms with Gasteiger partial charge in [-0.25, -0.2) is 0 Å². The van der Waals surface area contributed by atoms with Crippen LogP contribution in [0.2, 0.25) is 0 Å². The highest BCUT2D eigenvalue weighted by molar-refractivity contribution is 5.94. The standard InChI is InChI=1S/C19H26N2O4/c22-17-9-14-11-20-12-15(14)10-18(17)25-16-3-1-2-13(8-16)19(23)21-4-6-24-7-5-21/h1-3,8,14-15,17-18,20,22H,4-7,9-12H2/t14-,15+,17+,18+/m0/s1. The number of fused-ring (bicyclic) bond motifs is 1. The first-order valence-electron chi connectivity index (χ1n) is 9.23. The molecule has 1 aromatic carbocycles. The maximum atomic E-state index is 12.6. The predicted octanol–water partition coefficient (Wildman–Crippen LogP) is 0.897. The zero-order valence-electron chi connectivity index (χ0n) is 14.4. The van der Waals surface area contributed by atoms with E-state index >= 15 is 0 Å². The van der Waals surface area contributed by atoms with Gasteiger partial charge in [0.15, 0.2) is 0 Å². The largest absolute Gasteiger partial charge is 0.488 e. The lowest BCUT2D eigenvalue weighted by molar-refractivity contribution is -0.0231.